The maximum atomic E-state index is 11.0. The predicted molar refractivity (Wildman–Crippen MR) is 91.1 cm³/mol. The molecule has 0 bridgehead atoms. The van der Waals surface area contributed by atoms with Gasteiger partial charge in [-0.3, -0.25) is 9.63 Å². The Morgan fingerprint density at radius 3 is 2.67 bits per heavy atom. The van der Waals surface area contributed by atoms with Crippen LogP contribution < -0.4 is 4.74 Å². The molecule has 1 aromatic heterocycles. The Morgan fingerprint density at radius 2 is 2.04 bits per heavy atom. The van der Waals surface area contributed by atoms with Crippen molar-refractivity contribution in [1.29, 1.82) is 0 Å². The van der Waals surface area contributed by atoms with Gasteiger partial charge in [0.05, 0.1) is 17.2 Å². The number of halogens is 2. The molecule has 8 heteroatoms. The summed E-state index contributed by atoms with van der Waals surface area (Å²) in [6, 6.07) is 6.68. The second-order valence-corrected chi connectivity index (χ2v) is 6.80. The van der Waals surface area contributed by atoms with Crippen LogP contribution in [0.25, 0.3) is 11.3 Å². The lowest BCUT2D eigenvalue weighted by atomic mass is 10.2. The molecule has 0 unspecified atom stereocenters. The van der Waals surface area contributed by atoms with E-state index in [9.17, 15) is 4.79 Å². The highest BCUT2D eigenvalue weighted by Gasteiger charge is 2.16. The van der Waals surface area contributed by atoms with Crippen LogP contribution in [-0.4, -0.2) is 35.4 Å². The molecule has 0 fully saturated rings. The van der Waals surface area contributed by atoms with Crippen LogP contribution in [0.2, 0.25) is 10.0 Å². The molecule has 0 N–H and O–H groups in total. The quantitative estimate of drug-likeness (QED) is 0.537. The second kappa shape index (κ2) is 7.88. The summed E-state index contributed by atoms with van der Waals surface area (Å²) in [5.74, 6) is 0.752. The molecular formula is C16H18Cl2N2O4. The Bertz CT molecular complexity index is 698. The minimum absolute atomic E-state index is 0.204. The van der Waals surface area contributed by atoms with Gasteiger partial charge in [-0.05, 0) is 44.1 Å². The maximum absolute atomic E-state index is 11.0. The molecule has 2 aromatic rings. The number of hydroxylamine groups is 2. The van der Waals surface area contributed by atoms with Crippen LogP contribution in [-0.2, 0) is 9.63 Å². The third kappa shape index (κ3) is 5.40. The monoisotopic (exact) mass is 372 g/mol. The van der Waals surface area contributed by atoms with Gasteiger partial charge >= 0.3 is 0 Å². The van der Waals surface area contributed by atoms with E-state index in [1.807, 2.05) is 20.8 Å². The third-order valence-electron chi connectivity index (χ3n) is 2.76. The highest BCUT2D eigenvalue weighted by Crippen LogP contribution is 2.32. The zero-order valence-electron chi connectivity index (χ0n) is 13.6. The highest BCUT2D eigenvalue weighted by molar-refractivity contribution is 6.36. The number of benzene rings is 1. The van der Waals surface area contributed by atoms with Gasteiger partial charge in [0.15, 0.2) is 5.76 Å². The molecule has 0 aliphatic heterocycles. The predicted octanol–water partition coefficient (Wildman–Crippen LogP) is 4.22. The Morgan fingerprint density at radius 1 is 1.29 bits per heavy atom. The third-order valence-corrected chi connectivity index (χ3v) is 3.30. The van der Waals surface area contributed by atoms with Crippen molar-refractivity contribution in [2.24, 2.45) is 0 Å². The number of rotatable bonds is 7. The summed E-state index contributed by atoms with van der Waals surface area (Å²) in [6.07, 6.45) is 0.607. The molecule has 0 aliphatic carbocycles. The average Bonchev–Trinajstić information content (AvgIpc) is 2.93. The average molecular weight is 373 g/mol. The van der Waals surface area contributed by atoms with Crippen molar-refractivity contribution in [2.45, 2.75) is 26.4 Å². The first-order chi connectivity index (χ1) is 11.3. The molecule has 1 aromatic carbocycles. The fourth-order valence-corrected chi connectivity index (χ4v) is 2.36. The van der Waals surface area contributed by atoms with Crippen molar-refractivity contribution in [3.05, 3.63) is 34.3 Å². The van der Waals surface area contributed by atoms with Crippen molar-refractivity contribution in [1.82, 2.24) is 10.2 Å². The lowest BCUT2D eigenvalue weighted by Crippen LogP contribution is -2.35. The van der Waals surface area contributed by atoms with Gasteiger partial charge in [-0.2, -0.15) is 0 Å². The second-order valence-electron chi connectivity index (χ2n) is 5.95. The highest BCUT2D eigenvalue weighted by atomic mass is 35.5. The maximum Gasteiger partial charge on any atom is 0.254 e. The minimum atomic E-state index is -0.465. The number of hydrogen-bond acceptors (Lipinski definition) is 5. The summed E-state index contributed by atoms with van der Waals surface area (Å²) in [5.41, 5.74) is 0.196. The molecule has 0 spiro atoms. The van der Waals surface area contributed by atoms with Gasteiger partial charge < -0.3 is 9.26 Å². The Labute approximate surface area is 150 Å². The largest absolute Gasteiger partial charge is 0.474 e. The van der Waals surface area contributed by atoms with Crippen LogP contribution in [0.3, 0.4) is 0 Å². The summed E-state index contributed by atoms with van der Waals surface area (Å²) in [4.78, 5) is 16.4. The molecular weight excluding hydrogens is 355 g/mol. The van der Waals surface area contributed by atoms with E-state index < -0.39 is 5.60 Å². The molecule has 24 heavy (non-hydrogen) atoms. The van der Waals surface area contributed by atoms with E-state index >= 15 is 0 Å². The lowest BCUT2D eigenvalue weighted by Gasteiger charge is -2.26. The molecule has 130 valence electrons. The van der Waals surface area contributed by atoms with E-state index in [2.05, 4.69) is 5.16 Å². The number of ether oxygens (including phenoxy) is 1. The fourth-order valence-electron chi connectivity index (χ4n) is 1.86. The van der Waals surface area contributed by atoms with Gasteiger partial charge in [-0.25, -0.2) is 5.06 Å². The molecule has 1 amide bonds. The zero-order chi connectivity index (χ0) is 17.7. The minimum Gasteiger partial charge on any atom is -0.474 e. The number of carbonyl (C=O) groups is 1. The molecule has 6 nitrogen and oxygen atoms in total. The van der Waals surface area contributed by atoms with E-state index in [-0.39, 0.29) is 19.0 Å². The van der Waals surface area contributed by atoms with E-state index in [1.54, 1.807) is 24.3 Å². The van der Waals surface area contributed by atoms with Gasteiger partial charge in [0.2, 0.25) is 6.41 Å². The molecule has 0 saturated carbocycles. The number of carbonyl (C=O) groups excluding carboxylic acids is 1. The van der Waals surface area contributed by atoms with Crippen molar-refractivity contribution in [3.63, 3.8) is 0 Å². The molecule has 1 heterocycles. The van der Waals surface area contributed by atoms with Crippen LogP contribution in [0.1, 0.15) is 20.8 Å². The summed E-state index contributed by atoms with van der Waals surface area (Å²) in [7, 11) is 0. The van der Waals surface area contributed by atoms with Crippen LogP contribution in [0.15, 0.2) is 28.8 Å². The van der Waals surface area contributed by atoms with Crippen LogP contribution >= 0.6 is 23.2 Å². The smallest absolute Gasteiger partial charge is 0.254 e. The summed E-state index contributed by atoms with van der Waals surface area (Å²) >= 11 is 12.0. The molecule has 0 atom stereocenters. The summed E-state index contributed by atoms with van der Waals surface area (Å²) < 4.78 is 10.7. The van der Waals surface area contributed by atoms with Gasteiger partial charge in [0.25, 0.3) is 5.88 Å². The van der Waals surface area contributed by atoms with Gasteiger partial charge in [-0.15, -0.1) is 0 Å². The Hall–Kier alpha value is -1.76. The van der Waals surface area contributed by atoms with Crippen LogP contribution in [0.4, 0.5) is 0 Å². The standard InChI is InChI=1S/C16H18Cl2N2O4/c1-16(2,3)24-20(10-21)6-7-22-15-9-14(23-19-15)12-5-4-11(17)8-13(12)18/h4-5,8-10H,6-7H2,1-3H3. The van der Waals surface area contributed by atoms with E-state index in [4.69, 9.17) is 37.3 Å². The first kappa shape index (κ1) is 18.6. The van der Waals surface area contributed by atoms with Crippen molar-refractivity contribution in [2.75, 3.05) is 13.2 Å². The van der Waals surface area contributed by atoms with Gasteiger partial charge in [0.1, 0.15) is 6.61 Å². The zero-order valence-corrected chi connectivity index (χ0v) is 15.1. The SMILES string of the molecule is CC(C)(C)ON(C=O)CCOc1cc(-c2ccc(Cl)cc2Cl)on1. The van der Waals surface area contributed by atoms with E-state index in [0.29, 0.717) is 27.8 Å². The van der Waals surface area contributed by atoms with Crippen molar-refractivity contribution >= 4 is 29.6 Å². The van der Waals surface area contributed by atoms with Gasteiger partial charge in [0, 0.05) is 16.7 Å². The number of hydrogen-bond donors (Lipinski definition) is 0. The molecule has 2 rings (SSSR count). The van der Waals surface area contributed by atoms with Crippen molar-refractivity contribution < 1.29 is 18.9 Å². The fraction of sp³-hybridized carbons (Fsp3) is 0.375. The Balaban J connectivity index is 1.93. The first-order valence-corrected chi connectivity index (χ1v) is 8.00. The molecule has 0 aliphatic rings. The summed E-state index contributed by atoms with van der Waals surface area (Å²) in [5, 5.41) is 5.98. The van der Waals surface area contributed by atoms with E-state index in [0.717, 1.165) is 0 Å². The molecule has 0 saturated heterocycles. The summed E-state index contributed by atoms with van der Waals surface area (Å²) in [6.45, 7) is 6.01. The molecule has 0 radical (unpaired) electrons. The van der Waals surface area contributed by atoms with Gasteiger partial charge in [-0.1, -0.05) is 23.2 Å². The number of nitrogens with zero attached hydrogens (tertiary/aromatic N) is 2. The number of aromatic nitrogens is 1. The Kier molecular flexibility index (Phi) is 6.10. The number of amides is 1. The van der Waals surface area contributed by atoms with Crippen LogP contribution in [0, 0.1) is 0 Å². The first-order valence-electron chi connectivity index (χ1n) is 7.24. The van der Waals surface area contributed by atoms with E-state index in [1.165, 1.54) is 5.06 Å². The normalized spacial score (nSPS) is 11.4. The van der Waals surface area contributed by atoms with Crippen LogP contribution in [0.5, 0.6) is 5.88 Å². The topological polar surface area (TPSA) is 64.8 Å². The van der Waals surface area contributed by atoms with Crippen molar-refractivity contribution in [3.8, 4) is 17.2 Å². The lowest BCUT2D eigenvalue weighted by molar-refractivity contribution is -0.217.